The van der Waals surface area contributed by atoms with E-state index < -0.39 is 22.0 Å². The summed E-state index contributed by atoms with van der Waals surface area (Å²) >= 11 is 0. The number of hydrogen-bond donors (Lipinski definition) is 1. The number of aryl methyl sites for hydroxylation is 1. The van der Waals surface area contributed by atoms with E-state index in [-0.39, 0.29) is 5.75 Å². The Hall–Kier alpha value is -1.47. The van der Waals surface area contributed by atoms with Gasteiger partial charge in [0.2, 0.25) is 10.0 Å². The number of carbonyl (C=O) groups excluding carboxylic acids is 1. The molecule has 18 heavy (non-hydrogen) atoms. The Morgan fingerprint density at radius 3 is 2.78 bits per heavy atom. The molecule has 0 fully saturated rings. The minimum Gasteiger partial charge on any atom is -0.468 e. The van der Waals surface area contributed by atoms with Crippen LogP contribution in [0.3, 0.4) is 0 Å². The average Bonchev–Trinajstić information content (AvgIpc) is 2.36. The molecular formula is C11H16N2O4S. The second-order valence-electron chi connectivity index (χ2n) is 3.75. The van der Waals surface area contributed by atoms with Gasteiger partial charge in [-0.15, -0.1) is 0 Å². The van der Waals surface area contributed by atoms with Gasteiger partial charge >= 0.3 is 5.97 Å². The number of carbonyl (C=O) groups is 1. The molecule has 1 heterocycles. The molecular weight excluding hydrogens is 256 g/mol. The van der Waals surface area contributed by atoms with E-state index in [1.165, 1.54) is 14.0 Å². The van der Waals surface area contributed by atoms with Gasteiger partial charge in [-0.05, 0) is 19.1 Å². The van der Waals surface area contributed by atoms with Gasteiger partial charge in [0, 0.05) is 18.3 Å². The molecule has 0 saturated heterocycles. The quantitative estimate of drug-likeness (QED) is 0.743. The van der Waals surface area contributed by atoms with Crippen molar-refractivity contribution < 1.29 is 17.9 Å². The third kappa shape index (κ3) is 4.80. The van der Waals surface area contributed by atoms with E-state index in [0.717, 1.165) is 0 Å². The topological polar surface area (TPSA) is 85.4 Å². The summed E-state index contributed by atoms with van der Waals surface area (Å²) in [6.07, 6.45) is 1.90. The number of aromatic nitrogens is 1. The fraction of sp³-hybridized carbons (Fsp3) is 0.455. The number of pyridine rings is 1. The van der Waals surface area contributed by atoms with E-state index >= 15 is 0 Å². The van der Waals surface area contributed by atoms with Gasteiger partial charge in [-0.3, -0.25) is 9.78 Å². The summed E-state index contributed by atoms with van der Waals surface area (Å²) in [5.74, 6) is -0.734. The van der Waals surface area contributed by atoms with Crippen LogP contribution >= 0.6 is 0 Å². The van der Waals surface area contributed by atoms with Crippen LogP contribution in [0.1, 0.15) is 12.6 Å². The molecule has 1 rings (SSSR count). The van der Waals surface area contributed by atoms with Gasteiger partial charge in [0.05, 0.1) is 12.9 Å². The van der Waals surface area contributed by atoms with Crippen molar-refractivity contribution in [3.63, 3.8) is 0 Å². The van der Waals surface area contributed by atoms with Gasteiger partial charge < -0.3 is 4.74 Å². The number of hydrogen-bond acceptors (Lipinski definition) is 5. The third-order valence-corrected chi connectivity index (χ3v) is 3.72. The molecule has 0 aliphatic heterocycles. The van der Waals surface area contributed by atoms with Crippen molar-refractivity contribution in [3.8, 4) is 0 Å². The Balaban J connectivity index is 2.53. The minimum absolute atomic E-state index is 0.120. The summed E-state index contributed by atoms with van der Waals surface area (Å²) in [6, 6.07) is 4.41. The molecule has 0 aromatic carbocycles. The number of methoxy groups -OCH3 is 1. The predicted octanol–water partition coefficient (Wildman–Crippen LogP) is 0.105. The zero-order valence-corrected chi connectivity index (χ0v) is 11.1. The van der Waals surface area contributed by atoms with Crippen molar-refractivity contribution in [2.24, 2.45) is 0 Å². The fourth-order valence-corrected chi connectivity index (χ4v) is 2.57. The van der Waals surface area contributed by atoms with Crippen molar-refractivity contribution >= 4 is 16.0 Å². The average molecular weight is 272 g/mol. The Morgan fingerprint density at radius 2 is 2.22 bits per heavy atom. The first-order chi connectivity index (χ1) is 8.44. The molecule has 0 bridgehead atoms. The summed E-state index contributed by atoms with van der Waals surface area (Å²) in [5.41, 5.74) is 0.689. The van der Waals surface area contributed by atoms with Crippen molar-refractivity contribution in [2.75, 3.05) is 12.9 Å². The number of nitrogens with zero attached hydrogens (tertiary/aromatic N) is 1. The number of nitrogens with one attached hydrogen (secondary N) is 1. The van der Waals surface area contributed by atoms with Gasteiger partial charge in [0.15, 0.2) is 0 Å². The van der Waals surface area contributed by atoms with E-state index in [9.17, 15) is 13.2 Å². The van der Waals surface area contributed by atoms with E-state index in [4.69, 9.17) is 0 Å². The van der Waals surface area contributed by atoms with Crippen molar-refractivity contribution in [3.05, 3.63) is 30.1 Å². The summed E-state index contributed by atoms with van der Waals surface area (Å²) in [7, 11) is -2.32. The van der Waals surface area contributed by atoms with Crippen molar-refractivity contribution in [1.29, 1.82) is 0 Å². The lowest BCUT2D eigenvalue weighted by molar-refractivity contribution is -0.142. The van der Waals surface area contributed by atoms with Gasteiger partial charge in [-0.1, -0.05) is 6.07 Å². The second kappa shape index (κ2) is 6.46. The maximum atomic E-state index is 11.7. The molecule has 0 aliphatic rings. The lowest BCUT2D eigenvalue weighted by Gasteiger charge is -2.11. The van der Waals surface area contributed by atoms with Crippen LogP contribution in [0.2, 0.25) is 0 Å². The molecule has 0 aliphatic carbocycles. The molecule has 1 aromatic heterocycles. The van der Waals surface area contributed by atoms with Gasteiger partial charge in [-0.25, -0.2) is 13.1 Å². The summed E-state index contributed by atoms with van der Waals surface area (Å²) in [6.45, 7) is 1.43. The molecule has 0 amide bonds. The van der Waals surface area contributed by atoms with Crippen LogP contribution in [-0.4, -0.2) is 38.3 Å². The third-order valence-electron chi connectivity index (χ3n) is 2.26. The molecule has 1 aromatic rings. The van der Waals surface area contributed by atoms with Gasteiger partial charge in [-0.2, -0.15) is 0 Å². The monoisotopic (exact) mass is 272 g/mol. The molecule has 0 spiro atoms. The number of rotatable bonds is 6. The first-order valence-corrected chi connectivity index (χ1v) is 7.07. The zero-order valence-electron chi connectivity index (χ0n) is 10.3. The highest BCUT2D eigenvalue weighted by molar-refractivity contribution is 7.89. The zero-order chi connectivity index (χ0) is 13.6. The van der Waals surface area contributed by atoms with Gasteiger partial charge in [0.25, 0.3) is 0 Å². The molecule has 1 N–H and O–H groups in total. The second-order valence-corrected chi connectivity index (χ2v) is 5.63. The standard InChI is InChI=1S/C11H16N2O4S/c1-9(11(14)17-2)13-18(15,16)8-6-10-5-3-4-7-12-10/h3-5,7,9,13H,6,8H2,1-2H3. The Kier molecular flexibility index (Phi) is 5.24. The number of sulfonamides is 1. The number of ether oxygens (including phenoxy) is 1. The van der Waals surface area contributed by atoms with Crippen LogP contribution in [-0.2, 0) is 26.0 Å². The molecule has 6 nitrogen and oxygen atoms in total. The van der Waals surface area contributed by atoms with E-state index in [1.807, 2.05) is 0 Å². The van der Waals surface area contributed by atoms with Crippen molar-refractivity contribution in [2.45, 2.75) is 19.4 Å². The molecule has 0 radical (unpaired) electrons. The fourth-order valence-electron chi connectivity index (χ4n) is 1.34. The maximum Gasteiger partial charge on any atom is 0.323 e. The normalized spacial score (nSPS) is 13.0. The van der Waals surface area contributed by atoms with Crippen LogP contribution in [0.15, 0.2) is 24.4 Å². The maximum absolute atomic E-state index is 11.7. The first-order valence-electron chi connectivity index (χ1n) is 5.42. The molecule has 0 saturated carbocycles. The lowest BCUT2D eigenvalue weighted by Crippen LogP contribution is -2.40. The molecule has 1 unspecified atom stereocenters. The smallest absolute Gasteiger partial charge is 0.323 e. The Bertz CT molecular complexity index is 487. The summed E-state index contributed by atoms with van der Waals surface area (Å²) in [4.78, 5) is 15.1. The Labute approximate surface area is 106 Å². The van der Waals surface area contributed by atoms with Crippen LogP contribution in [0.4, 0.5) is 0 Å². The molecule has 100 valence electrons. The van der Waals surface area contributed by atoms with Crippen molar-refractivity contribution in [1.82, 2.24) is 9.71 Å². The van der Waals surface area contributed by atoms with Crippen LogP contribution in [0.5, 0.6) is 0 Å². The number of esters is 1. The van der Waals surface area contributed by atoms with Crippen LogP contribution in [0, 0.1) is 0 Å². The van der Waals surface area contributed by atoms with Crippen LogP contribution in [0.25, 0.3) is 0 Å². The predicted molar refractivity (Wildman–Crippen MR) is 66.3 cm³/mol. The van der Waals surface area contributed by atoms with E-state index in [2.05, 4.69) is 14.4 Å². The highest BCUT2D eigenvalue weighted by atomic mass is 32.2. The molecule has 1 atom stereocenters. The highest BCUT2D eigenvalue weighted by Gasteiger charge is 2.20. The lowest BCUT2D eigenvalue weighted by atomic mass is 10.3. The highest BCUT2D eigenvalue weighted by Crippen LogP contribution is 1.99. The minimum atomic E-state index is -3.52. The van der Waals surface area contributed by atoms with Crippen LogP contribution < -0.4 is 4.72 Å². The first kappa shape index (κ1) is 14.6. The summed E-state index contributed by atoms with van der Waals surface area (Å²) in [5, 5.41) is 0. The molecule has 7 heteroatoms. The Morgan fingerprint density at radius 1 is 1.50 bits per heavy atom. The largest absolute Gasteiger partial charge is 0.468 e. The SMILES string of the molecule is COC(=O)C(C)NS(=O)(=O)CCc1ccccn1. The van der Waals surface area contributed by atoms with E-state index in [0.29, 0.717) is 12.1 Å². The van der Waals surface area contributed by atoms with Gasteiger partial charge in [0.1, 0.15) is 6.04 Å². The summed E-state index contributed by atoms with van der Waals surface area (Å²) < 4.78 is 30.1. The van der Waals surface area contributed by atoms with E-state index in [1.54, 1.807) is 24.4 Å².